The first-order valence-electron chi connectivity index (χ1n) is 7.11. The third-order valence-corrected chi connectivity index (χ3v) is 3.28. The molecule has 1 rings (SSSR count). The summed E-state index contributed by atoms with van der Waals surface area (Å²) in [6.45, 7) is 4.19. The van der Waals surface area contributed by atoms with Gasteiger partial charge in [-0.1, -0.05) is 38.8 Å². The van der Waals surface area contributed by atoms with Crippen LogP contribution < -0.4 is 5.11 Å². The summed E-state index contributed by atoms with van der Waals surface area (Å²) in [5.41, 5.74) is 2.47. The summed E-state index contributed by atoms with van der Waals surface area (Å²) in [4.78, 5) is 10.7. The molecule has 0 saturated carbocycles. The molecule has 3 nitrogen and oxygen atoms in total. The van der Waals surface area contributed by atoms with Crippen molar-refractivity contribution in [3.05, 3.63) is 28.8 Å². The van der Waals surface area contributed by atoms with E-state index in [0.29, 0.717) is 5.75 Å². The Hall–Kier alpha value is -1.51. The molecule has 1 aromatic carbocycles. The van der Waals surface area contributed by atoms with Crippen molar-refractivity contribution >= 4 is 5.97 Å². The maximum Gasteiger partial charge on any atom is 0.121 e. The summed E-state index contributed by atoms with van der Waals surface area (Å²) < 4.78 is 0. The van der Waals surface area contributed by atoms with Gasteiger partial charge >= 0.3 is 0 Å². The van der Waals surface area contributed by atoms with Crippen LogP contribution >= 0.6 is 0 Å². The van der Waals surface area contributed by atoms with Crippen LogP contribution in [0.25, 0.3) is 0 Å². The van der Waals surface area contributed by atoms with E-state index in [0.717, 1.165) is 55.2 Å². The van der Waals surface area contributed by atoms with E-state index in [1.165, 1.54) is 0 Å². The van der Waals surface area contributed by atoms with Crippen LogP contribution in [0.3, 0.4) is 0 Å². The van der Waals surface area contributed by atoms with Crippen LogP contribution in [0.2, 0.25) is 0 Å². The third-order valence-electron chi connectivity index (χ3n) is 3.28. The second-order valence-electron chi connectivity index (χ2n) is 5.02. The number of carbonyl (C=O) groups excluding carboxylic acids is 1. The van der Waals surface area contributed by atoms with Gasteiger partial charge in [-0.2, -0.15) is 0 Å². The highest BCUT2D eigenvalue weighted by Crippen LogP contribution is 2.28. The van der Waals surface area contributed by atoms with Gasteiger partial charge in [0.15, 0.2) is 0 Å². The number of hydrogen-bond donors (Lipinski definition) is 1. The van der Waals surface area contributed by atoms with Gasteiger partial charge in [-0.15, -0.1) is 0 Å². The number of phenolic OH excluding ortho intramolecular Hbond substituents is 1. The van der Waals surface area contributed by atoms with E-state index < -0.39 is 5.97 Å². The van der Waals surface area contributed by atoms with Crippen molar-refractivity contribution in [1.29, 1.82) is 0 Å². The maximum atomic E-state index is 10.7. The van der Waals surface area contributed by atoms with Gasteiger partial charge in [0.1, 0.15) is 5.75 Å². The van der Waals surface area contributed by atoms with Gasteiger partial charge in [0, 0.05) is 12.4 Å². The Labute approximate surface area is 115 Å². The number of carboxylic acids is 1. The quantitative estimate of drug-likeness (QED) is 0.783. The number of aryl methyl sites for hydroxylation is 2. The molecule has 0 fully saturated rings. The van der Waals surface area contributed by atoms with E-state index in [9.17, 15) is 15.0 Å². The number of carbonyl (C=O) groups is 1. The normalized spacial score (nSPS) is 10.6. The zero-order chi connectivity index (χ0) is 14.3. The average molecular weight is 263 g/mol. The van der Waals surface area contributed by atoms with E-state index in [2.05, 4.69) is 13.8 Å². The van der Waals surface area contributed by atoms with Crippen molar-refractivity contribution in [3.8, 4) is 5.75 Å². The van der Waals surface area contributed by atoms with E-state index in [1.54, 1.807) is 12.1 Å². The molecule has 3 heteroatoms. The third kappa shape index (κ3) is 4.93. The minimum Gasteiger partial charge on any atom is -0.550 e. The monoisotopic (exact) mass is 263 g/mol. The highest BCUT2D eigenvalue weighted by molar-refractivity contribution is 5.68. The number of unbranched alkanes of at least 4 members (excludes halogenated alkanes) is 2. The first-order valence-corrected chi connectivity index (χ1v) is 7.11. The summed E-state index contributed by atoms with van der Waals surface area (Å²) >= 11 is 0. The van der Waals surface area contributed by atoms with E-state index >= 15 is 0 Å². The summed E-state index contributed by atoms with van der Waals surface area (Å²) in [6, 6.07) is 3.60. The Balaban J connectivity index is 3.02. The molecule has 0 radical (unpaired) electrons. The van der Waals surface area contributed by atoms with E-state index in [1.807, 2.05) is 0 Å². The van der Waals surface area contributed by atoms with Crippen LogP contribution in [0.15, 0.2) is 12.1 Å². The molecule has 0 heterocycles. The smallest absolute Gasteiger partial charge is 0.121 e. The van der Waals surface area contributed by atoms with Crippen molar-refractivity contribution in [2.24, 2.45) is 0 Å². The molecular weight excluding hydrogens is 240 g/mol. The Morgan fingerprint density at radius 2 is 1.58 bits per heavy atom. The number of rotatable bonds is 8. The zero-order valence-corrected chi connectivity index (χ0v) is 11.9. The van der Waals surface area contributed by atoms with Gasteiger partial charge in [0.25, 0.3) is 0 Å². The topological polar surface area (TPSA) is 60.4 Å². The predicted octanol–water partition coefficient (Wildman–Crippen LogP) is 2.37. The molecule has 106 valence electrons. The zero-order valence-electron chi connectivity index (χ0n) is 11.9. The fourth-order valence-corrected chi connectivity index (χ4v) is 2.22. The van der Waals surface area contributed by atoms with Crippen molar-refractivity contribution in [2.75, 3.05) is 0 Å². The minimum absolute atomic E-state index is 0.0848. The minimum atomic E-state index is -1.08. The summed E-state index contributed by atoms with van der Waals surface area (Å²) in [7, 11) is 0. The fourth-order valence-electron chi connectivity index (χ4n) is 2.22. The van der Waals surface area contributed by atoms with Gasteiger partial charge in [0.2, 0.25) is 0 Å². The first kappa shape index (κ1) is 15.5. The average Bonchev–Trinajstić information content (AvgIpc) is 2.36. The molecule has 0 aromatic heterocycles. The first-order chi connectivity index (χ1) is 9.08. The van der Waals surface area contributed by atoms with Crippen molar-refractivity contribution < 1.29 is 15.0 Å². The Kier molecular flexibility index (Phi) is 6.40. The van der Waals surface area contributed by atoms with Crippen molar-refractivity contribution in [1.82, 2.24) is 0 Å². The Bertz CT molecular complexity index is 395. The van der Waals surface area contributed by atoms with Crippen molar-refractivity contribution in [3.63, 3.8) is 0 Å². The van der Waals surface area contributed by atoms with Gasteiger partial charge in [-0.05, 0) is 42.4 Å². The summed E-state index contributed by atoms with van der Waals surface area (Å²) in [5, 5.41) is 21.0. The second-order valence-corrected chi connectivity index (χ2v) is 5.02. The Morgan fingerprint density at radius 1 is 1.11 bits per heavy atom. The van der Waals surface area contributed by atoms with Crippen LogP contribution in [0, 0.1) is 0 Å². The number of aromatic hydroxyl groups is 1. The second kappa shape index (κ2) is 7.82. The lowest BCUT2D eigenvalue weighted by Crippen LogP contribution is -2.24. The van der Waals surface area contributed by atoms with E-state index in [-0.39, 0.29) is 6.42 Å². The fraction of sp³-hybridized carbons (Fsp3) is 0.562. The molecule has 0 aliphatic carbocycles. The number of hydrogen-bond acceptors (Lipinski definition) is 3. The number of benzene rings is 1. The SMILES string of the molecule is CCCCc1cc(CC(=O)[O-])cc(CCCC)c1O. The van der Waals surface area contributed by atoms with E-state index in [4.69, 9.17) is 0 Å². The highest BCUT2D eigenvalue weighted by atomic mass is 16.4. The molecule has 19 heavy (non-hydrogen) atoms. The molecule has 1 N–H and O–H groups in total. The largest absolute Gasteiger partial charge is 0.550 e. The molecule has 0 saturated heterocycles. The molecular formula is C16H23O3-. The molecule has 0 aliphatic heterocycles. The summed E-state index contributed by atoms with van der Waals surface area (Å²) in [6.07, 6.45) is 5.59. The number of carboxylic acid groups (broad SMARTS) is 1. The molecule has 1 aromatic rings. The lowest BCUT2D eigenvalue weighted by Gasteiger charge is -2.13. The molecule has 0 atom stereocenters. The molecule has 0 amide bonds. The van der Waals surface area contributed by atoms with Gasteiger partial charge in [-0.3, -0.25) is 0 Å². The Morgan fingerprint density at radius 3 is 1.95 bits per heavy atom. The van der Waals surface area contributed by atoms with Gasteiger partial charge < -0.3 is 15.0 Å². The molecule has 0 bridgehead atoms. The molecule has 0 spiro atoms. The standard InChI is InChI=1S/C16H24O3/c1-3-5-7-13-9-12(11-15(17)18)10-14(16(13)19)8-6-4-2/h9-10,19H,3-8,11H2,1-2H3,(H,17,18)/p-1. The van der Waals surface area contributed by atoms with Crippen LogP contribution in [-0.4, -0.2) is 11.1 Å². The number of phenols is 1. The van der Waals surface area contributed by atoms with Crippen LogP contribution in [0.5, 0.6) is 5.75 Å². The van der Waals surface area contributed by atoms with Crippen LogP contribution in [-0.2, 0) is 24.1 Å². The predicted molar refractivity (Wildman–Crippen MR) is 74.0 cm³/mol. The molecule has 0 aliphatic rings. The highest BCUT2D eigenvalue weighted by Gasteiger charge is 2.10. The molecule has 0 unspecified atom stereocenters. The lowest BCUT2D eigenvalue weighted by molar-refractivity contribution is -0.304. The van der Waals surface area contributed by atoms with Crippen molar-refractivity contribution in [2.45, 2.75) is 58.8 Å². The maximum absolute atomic E-state index is 10.7. The summed E-state index contributed by atoms with van der Waals surface area (Å²) in [5.74, 6) is -0.724. The van der Waals surface area contributed by atoms with Gasteiger partial charge in [-0.25, -0.2) is 0 Å². The van der Waals surface area contributed by atoms with Gasteiger partial charge in [0.05, 0.1) is 0 Å². The number of aliphatic carboxylic acids is 1. The van der Waals surface area contributed by atoms with Crippen LogP contribution in [0.1, 0.15) is 56.2 Å². The lowest BCUT2D eigenvalue weighted by atomic mass is 9.96. The van der Waals surface area contributed by atoms with Crippen LogP contribution in [0.4, 0.5) is 0 Å².